The van der Waals surface area contributed by atoms with Gasteiger partial charge in [-0.1, -0.05) is 13.3 Å². The highest BCUT2D eigenvalue weighted by atomic mass is 32.2. The van der Waals surface area contributed by atoms with Crippen LogP contribution in [-0.2, 0) is 14.6 Å². The van der Waals surface area contributed by atoms with E-state index in [9.17, 15) is 8.42 Å². The SMILES string of the molecule is CCCS(=O)(=O)CCC1(CNCCOC)CC2CCC1C2. The van der Waals surface area contributed by atoms with E-state index in [4.69, 9.17) is 4.74 Å². The number of rotatable bonds is 10. The van der Waals surface area contributed by atoms with Crippen LogP contribution in [0.3, 0.4) is 0 Å². The summed E-state index contributed by atoms with van der Waals surface area (Å²) in [4.78, 5) is 0. The van der Waals surface area contributed by atoms with Crippen molar-refractivity contribution in [2.45, 2.75) is 45.4 Å². The Kier molecular flexibility index (Phi) is 6.09. The van der Waals surface area contributed by atoms with Crippen LogP contribution in [0, 0.1) is 17.3 Å². The first-order chi connectivity index (χ1) is 10.0. The minimum absolute atomic E-state index is 0.220. The molecular formula is C16H31NO3S. The average molecular weight is 317 g/mol. The van der Waals surface area contributed by atoms with E-state index in [1.807, 2.05) is 6.92 Å². The zero-order valence-corrected chi connectivity index (χ0v) is 14.4. The van der Waals surface area contributed by atoms with Gasteiger partial charge in [-0.05, 0) is 49.4 Å². The highest BCUT2D eigenvalue weighted by Crippen LogP contribution is 2.57. The number of sulfone groups is 1. The third kappa shape index (κ3) is 4.42. The molecule has 2 saturated carbocycles. The van der Waals surface area contributed by atoms with Crippen molar-refractivity contribution in [3.63, 3.8) is 0 Å². The van der Waals surface area contributed by atoms with Gasteiger partial charge in [-0.3, -0.25) is 0 Å². The Morgan fingerprint density at radius 3 is 2.67 bits per heavy atom. The Bertz CT molecular complexity index is 423. The van der Waals surface area contributed by atoms with Gasteiger partial charge in [0.05, 0.1) is 12.4 Å². The molecule has 1 N–H and O–H groups in total. The van der Waals surface area contributed by atoms with E-state index in [0.717, 1.165) is 44.4 Å². The maximum Gasteiger partial charge on any atom is 0.150 e. The molecule has 3 atom stereocenters. The van der Waals surface area contributed by atoms with Gasteiger partial charge in [0.1, 0.15) is 9.84 Å². The lowest BCUT2D eigenvalue weighted by Crippen LogP contribution is -2.41. The van der Waals surface area contributed by atoms with Crippen molar-refractivity contribution < 1.29 is 13.2 Å². The first-order valence-electron chi connectivity index (χ1n) is 8.41. The Labute approximate surface area is 129 Å². The summed E-state index contributed by atoms with van der Waals surface area (Å²) in [6.07, 6.45) is 6.76. The van der Waals surface area contributed by atoms with Crippen LogP contribution in [0.25, 0.3) is 0 Å². The van der Waals surface area contributed by atoms with E-state index in [2.05, 4.69) is 5.32 Å². The van der Waals surface area contributed by atoms with Gasteiger partial charge < -0.3 is 10.1 Å². The fraction of sp³-hybridized carbons (Fsp3) is 1.00. The standard InChI is InChI=1S/C16H31NO3S/c1-3-9-21(18,19)10-6-16(13-17-7-8-20-2)12-14-4-5-15(16)11-14/h14-15,17H,3-13H2,1-2H3. The molecule has 2 rings (SSSR count). The van der Waals surface area contributed by atoms with Crippen molar-refractivity contribution in [3.8, 4) is 0 Å². The molecule has 2 bridgehead atoms. The Hall–Kier alpha value is -0.130. The molecule has 0 spiro atoms. The van der Waals surface area contributed by atoms with Gasteiger partial charge in [-0.2, -0.15) is 0 Å². The molecule has 0 saturated heterocycles. The molecule has 2 aliphatic rings. The summed E-state index contributed by atoms with van der Waals surface area (Å²) >= 11 is 0. The summed E-state index contributed by atoms with van der Waals surface area (Å²) in [7, 11) is -1.15. The number of fused-ring (bicyclic) bond motifs is 2. The van der Waals surface area contributed by atoms with Crippen LogP contribution in [0.15, 0.2) is 0 Å². The largest absolute Gasteiger partial charge is 0.383 e. The van der Waals surface area contributed by atoms with E-state index in [-0.39, 0.29) is 5.41 Å². The normalized spacial score (nSPS) is 31.9. The van der Waals surface area contributed by atoms with Crippen LogP contribution in [0.5, 0.6) is 0 Å². The van der Waals surface area contributed by atoms with E-state index >= 15 is 0 Å². The fourth-order valence-electron chi connectivity index (χ4n) is 4.45. The van der Waals surface area contributed by atoms with Gasteiger partial charge in [-0.25, -0.2) is 8.42 Å². The lowest BCUT2D eigenvalue weighted by molar-refractivity contribution is 0.141. The molecule has 0 amide bonds. The van der Waals surface area contributed by atoms with Crippen molar-refractivity contribution in [3.05, 3.63) is 0 Å². The lowest BCUT2D eigenvalue weighted by atomic mass is 9.71. The second kappa shape index (κ2) is 7.42. The first kappa shape index (κ1) is 17.2. The van der Waals surface area contributed by atoms with Gasteiger partial charge in [-0.15, -0.1) is 0 Å². The molecule has 0 aromatic rings. The highest BCUT2D eigenvalue weighted by molar-refractivity contribution is 7.91. The fourth-order valence-corrected chi connectivity index (χ4v) is 6.00. The molecule has 0 aromatic carbocycles. The van der Waals surface area contributed by atoms with E-state index < -0.39 is 9.84 Å². The molecule has 124 valence electrons. The maximum absolute atomic E-state index is 12.1. The Morgan fingerprint density at radius 1 is 1.29 bits per heavy atom. The van der Waals surface area contributed by atoms with Crippen molar-refractivity contribution >= 4 is 9.84 Å². The number of nitrogens with one attached hydrogen (secondary N) is 1. The smallest absolute Gasteiger partial charge is 0.150 e. The molecule has 0 aliphatic heterocycles. The van der Waals surface area contributed by atoms with Crippen LogP contribution in [0.1, 0.15) is 45.4 Å². The van der Waals surface area contributed by atoms with Gasteiger partial charge >= 0.3 is 0 Å². The number of ether oxygens (including phenoxy) is 1. The van der Waals surface area contributed by atoms with Crippen LogP contribution in [-0.4, -0.2) is 46.7 Å². The summed E-state index contributed by atoms with van der Waals surface area (Å²) in [6, 6.07) is 0. The molecule has 21 heavy (non-hydrogen) atoms. The summed E-state index contributed by atoms with van der Waals surface area (Å²) in [5, 5.41) is 3.50. The quantitative estimate of drug-likeness (QED) is 0.628. The molecule has 0 aromatic heterocycles. The minimum atomic E-state index is -2.86. The molecule has 0 radical (unpaired) electrons. The molecule has 0 heterocycles. The molecular weight excluding hydrogens is 286 g/mol. The summed E-state index contributed by atoms with van der Waals surface area (Å²) in [5.74, 6) is 2.28. The van der Waals surface area contributed by atoms with Gasteiger partial charge in [0.15, 0.2) is 0 Å². The predicted molar refractivity (Wildman–Crippen MR) is 86.2 cm³/mol. The van der Waals surface area contributed by atoms with Gasteiger partial charge in [0.2, 0.25) is 0 Å². The third-order valence-electron chi connectivity index (χ3n) is 5.49. The zero-order chi connectivity index (χ0) is 15.3. The monoisotopic (exact) mass is 317 g/mol. The zero-order valence-electron chi connectivity index (χ0n) is 13.6. The Morgan fingerprint density at radius 2 is 2.10 bits per heavy atom. The van der Waals surface area contributed by atoms with Crippen molar-refractivity contribution in [1.29, 1.82) is 0 Å². The van der Waals surface area contributed by atoms with Crippen molar-refractivity contribution in [2.24, 2.45) is 17.3 Å². The molecule has 2 fully saturated rings. The van der Waals surface area contributed by atoms with Gasteiger partial charge in [0, 0.05) is 26.0 Å². The first-order valence-corrected chi connectivity index (χ1v) is 10.2. The highest BCUT2D eigenvalue weighted by Gasteiger charge is 2.50. The molecule has 2 aliphatic carbocycles. The van der Waals surface area contributed by atoms with Crippen LogP contribution in [0.2, 0.25) is 0 Å². The minimum Gasteiger partial charge on any atom is -0.383 e. The van der Waals surface area contributed by atoms with Crippen molar-refractivity contribution in [2.75, 3.05) is 38.3 Å². The second-order valence-electron chi connectivity index (χ2n) is 7.01. The molecule has 4 nitrogen and oxygen atoms in total. The van der Waals surface area contributed by atoms with Crippen LogP contribution in [0.4, 0.5) is 0 Å². The molecule has 3 unspecified atom stereocenters. The van der Waals surface area contributed by atoms with Gasteiger partial charge in [0.25, 0.3) is 0 Å². The third-order valence-corrected chi connectivity index (χ3v) is 7.34. The molecule has 5 heteroatoms. The predicted octanol–water partition coefficient (Wildman–Crippen LogP) is 2.24. The number of methoxy groups -OCH3 is 1. The van der Waals surface area contributed by atoms with E-state index in [0.29, 0.717) is 11.5 Å². The average Bonchev–Trinajstić information content (AvgIpc) is 3.03. The summed E-state index contributed by atoms with van der Waals surface area (Å²) in [5.41, 5.74) is 0.220. The maximum atomic E-state index is 12.1. The second-order valence-corrected chi connectivity index (χ2v) is 9.32. The summed E-state index contributed by atoms with van der Waals surface area (Å²) in [6.45, 7) is 4.48. The topological polar surface area (TPSA) is 55.4 Å². The van der Waals surface area contributed by atoms with E-state index in [1.165, 1.54) is 25.7 Å². The van der Waals surface area contributed by atoms with Crippen molar-refractivity contribution in [1.82, 2.24) is 5.32 Å². The van der Waals surface area contributed by atoms with Crippen LogP contribution < -0.4 is 5.32 Å². The lowest BCUT2D eigenvalue weighted by Gasteiger charge is -2.38. The summed E-state index contributed by atoms with van der Waals surface area (Å²) < 4.78 is 29.2. The number of hydrogen-bond donors (Lipinski definition) is 1. The Balaban J connectivity index is 1.93. The van der Waals surface area contributed by atoms with E-state index in [1.54, 1.807) is 7.11 Å². The number of hydrogen-bond acceptors (Lipinski definition) is 4. The van der Waals surface area contributed by atoms with Crippen LogP contribution >= 0.6 is 0 Å².